The number of carbonyl (C=O) groups is 1. The van der Waals surface area contributed by atoms with E-state index in [1.54, 1.807) is 0 Å². The fourth-order valence-electron chi connectivity index (χ4n) is 3.85. The zero-order chi connectivity index (χ0) is 14.2. The molecule has 1 aliphatic carbocycles. The van der Waals surface area contributed by atoms with E-state index >= 15 is 0 Å². The quantitative estimate of drug-likeness (QED) is 0.806. The number of ether oxygens (including phenoxy) is 1. The van der Waals surface area contributed by atoms with E-state index in [1.165, 1.54) is 25.7 Å². The summed E-state index contributed by atoms with van der Waals surface area (Å²) in [5, 5.41) is 10.1. The Labute approximate surface area is 120 Å². The largest absolute Gasteiger partial charge is 0.388 e. The van der Waals surface area contributed by atoms with Crippen LogP contribution in [-0.4, -0.2) is 71.3 Å². The lowest BCUT2D eigenvalue weighted by Crippen LogP contribution is -2.57. The Morgan fingerprint density at radius 1 is 1.30 bits per heavy atom. The van der Waals surface area contributed by atoms with Gasteiger partial charge in [0, 0.05) is 25.7 Å². The van der Waals surface area contributed by atoms with Crippen LogP contribution in [0.15, 0.2) is 0 Å². The Morgan fingerprint density at radius 2 is 2.05 bits per heavy atom. The molecule has 1 N–H and O–H groups in total. The number of β-amino-alcohol motifs (C(OH)–C–C–N with tert-alkyl or cyclic N) is 1. The van der Waals surface area contributed by atoms with Gasteiger partial charge in [0.15, 0.2) is 0 Å². The third-order valence-corrected chi connectivity index (χ3v) is 5.01. The number of rotatable bonds is 2. The van der Waals surface area contributed by atoms with Gasteiger partial charge < -0.3 is 14.7 Å². The van der Waals surface area contributed by atoms with Crippen LogP contribution >= 0.6 is 0 Å². The molecule has 0 aromatic heterocycles. The molecule has 0 aromatic carbocycles. The van der Waals surface area contributed by atoms with Gasteiger partial charge in [-0.1, -0.05) is 12.8 Å². The minimum atomic E-state index is -0.719. The molecule has 0 unspecified atom stereocenters. The Balaban J connectivity index is 1.68. The summed E-state index contributed by atoms with van der Waals surface area (Å²) >= 11 is 0. The van der Waals surface area contributed by atoms with Gasteiger partial charge in [-0.05, 0) is 26.2 Å². The first-order chi connectivity index (χ1) is 9.57. The topological polar surface area (TPSA) is 53.0 Å². The van der Waals surface area contributed by atoms with Crippen molar-refractivity contribution in [2.24, 2.45) is 0 Å². The maximum absolute atomic E-state index is 12.7. The molecule has 3 rings (SSSR count). The monoisotopic (exact) mass is 282 g/mol. The second kappa shape index (κ2) is 5.62. The lowest BCUT2D eigenvalue weighted by molar-refractivity contribution is -0.145. The average molecular weight is 282 g/mol. The Hall–Kier alpha value is -0.650. The first-order valence-electron chi connectivity index (χ1n) is 7.91. The summed E-state index contributed by atoms with van der Waals surface area (Å²) in [5.41, 5.74) is -0.719. The molecule has 0 bridgehead atoms. The summed E-state index contributed by atoms with van der Waals surface area (Å²) in [6, 6.07) is 0.414. The maximum Gasteiger partial charge on any atom is 0.242 e. The molecule has 0 spiro atoms. The Morgan fingerprint density at radius 3 is 2.70 bits per heavy atom. The lowest BCUT2D eigenvalue weighted by Gasteiger charge is -2.40. The van der Waals surface area contributed by atoms with Crippen molar-refractivity contribution in [1.82, 2.24) is 9.80 Å². The van der Waals surface area contributed by atoms with E-state index in [0.29, 0.717) is 32.2 Å². The van der Waals surface area contributed by atoms with Crippen LogP contribution in [0.2, 0.25) is 0 Å². The predicted molar refractivity (Wildman–Crippen MR) is 75.4 cm³/mol. The molecular weight excluding hydrogens is 256 g/mol. The number of hydrogen-bond donors (Lipinski definition) is 1. The summed E-state index contributed by atoms with van der Waals surface area (Å²) in [5.74, 6) is 0.148. The van der Waals surface area contributed by atoms with Crippen LogP contribution in [0.1, 0.15) is 39.0 Å². The van der Waals surface area contributed by atoms with Crippen LogP contribution in [0.25, 0.3) is 0 Å². The van der Waals surface area contributed by atoms with Crippen LogP contribution in [0, 0.1) is 0 Å². The molecular formula is C15H26N2O3. The van der Waals surface area contributed by atoms with Crippen molar-refractivity contribution in [2.45, 2.75) is 56.7 Å². The highest BCUT2D eigenvalue weighted by molar-refractivity contribution is 5.82. The molecule has 5 nitrogen and oxygen atoms in total. The summed E-state index contributed by atoms with van der Waals surface area (Å²) in [6.45, 7) is 5.05. The van der Waals surface area contributed by atoms with Crippen LogP contribution < -0.4 is 0 Å². The molecule has 3 aliphatic rings. The second-order valence-electron chi connectivity index (χ2n) is 6.77. The predicted octanol–water partition coefficient (Wildman–Crippen LogP) is 0.613. The van der Waals surface area contributed by atoms with E-state index in [1.807, 2.05) is 11.8 Å². The van der Waals surface area contributed by atoms with Gasteiger partial charge in [0.1, 0.15) is 6.04 Å². The van der Waals surface area contributed by atoms with Gasteiger partial charge >= 0.3 is 0 Å². The van der Waals surface area contributed by atoms with Crippen molar-refractivity contribution in [2.75, 3.05) is 32.8 Å². The zero-order valence-corrected chi connectivity index (χ0v) is 12.4. The summed E-state index contributed by atoms with van der Waals surface area (Å²) in [7, 11) is 0. The second-order valence-corrected chi connectivity index (χ2v) is 6.77. The molecule has 1 saturated carbocycles. The molecule has 0 radical (unpaired) electrons. The zero-order valence-electron chi connectivity index (χ0n) is 12.4. The Bertz CT molecular complexity index is 366. The number of carbonyl (C=O) groups excluding carboxylic acids is 1. The van der Waals surface area contributed by atoms with E-state index < -0.39 is 5.60 Å². The molecule has 3 fully saturated rings. The number of hydrogen-bond acceptors (Lipinski definition) is 4. The summed E-state index contributed by atoms with van der Waals surface area (Å²) in [4.78, 5) is 16.9. The molecule has 114 valence electrons. The molecule has 2 saturated heterocycles. The van der Waals surface area contributed by atoms with Gasteiger partial charge in [-0.3, -0.25) is 9.69 Å². The Kier molecular flexibility index (Phi) is 4.02. The average Bonchev–Trinajstić information content (AvgIpc) is 3.07. The van der Waals surface area contributed by atoms with Crippen molar-refractivity contribution in [3.05, 3.63) is 0 Å². The number of morpholine rings is 1. The molecule has 1 amide bonds. The van der Waals surface area contributed by atoms with E-state index in [4.69, 9.17) is 4.74 Å². The molecule has 2 atom stereocenters. The van der Waals surface area contributed by atoms with Gasteiger partial charge in [-0.2, -0.15) is 0 Å². The van der Waals surface area contributed by atoms with Crippen LogP contribution in [0.3, 0.4) is 0 Å². The van der Waals surface area contributed by atoms with E-state index in [9.17, 15) is 9.90 Å². The first-order valence-corrected chi connectivity index (χ1v) is 7.91. The first kappa shape index (κ1) is 14.3. The smallest absolute Gasteiger partial charge is 0.242 e. The minimum Gasteiger partial charge on any atom is -0.388 e. The highest BCUT2D eigenvalue weighted by Gasteiger charge is 2.41. The van der Waals surface area contributed by atoms with Crippen molar-refractivity contribution < 1.29 is 14.6 Å². The fraction of sp³-hybridized carbons (Fsp3) is 0.933. The molecule has 2 heterocycles. The van der Waals surface area contributed by atoms with E-state index in [0.717, 1.165) is 13.2 Å². The highest BCUT2D eigenvalue weighted by Crippen LogP contribution is 2.28. The summed E-state index contributed by atoms with van der Waals surface area (Å²) < 4.78 is 5.55. The maximum atomic E-state index is 12.7. The van der Waals surface area contributed by atoms with Crippen LogP contribution in [0.4, 0.5) is 0 Å². The summed E-state index contributed by atoms with van der Waals surface area (Å²) in [6.07, 6.45) is 5.65. The van der Waals surface area contributed by atoms with Crippen molar-refractivity contribution in [3.8, 4) is 0 Å². The van der Waals surface area contributed by atoms with Crippen molar-refractivity contribution >= 4 is 5.91 Å². The van der Waals surface area contributed by atoms with Gasteiger partial charge in [0.05, 0.1) is 18.8 Å². The van der Waals surface area contributed by atoms with Crippen molar-refractivity contribution in [3.63, 3.8) is 0 Å². The van der Waals surface area contributed by atoms with Gasteiger partial charge in [-0.25, -0.2) is 0 Å². The number of aliphatic hydroxyl groups is 1. The molecule has 20 heavy (non-hydrogen) atoms. The highest BCUT2D eigenvalue weighted by atomic mass is 16.5. The molecule has 0 aromatic rings. The molecule has 5 heteroatoms. The molecule has 2 aliphatic heterocycles. The lowest BCUT2D eigenvalue weighted by atomic mass is 10.1. The minimum absolute atomic E-state index is 0.138. The normalized spacial score (nSPS) is 36.7. The number of likely N-dealkylation sites (tertiary alicyclic amines) is 1. The third kappa shape index (κ3) is 2.85. The fourth-order valence-corrected chi connectivity index (χ4v) is 3.85. The third-order valence-electron chi connectivity index (χ3n) is 5.01. The van der Waals surface area contributed by atoms with E-state index in [2.05, 4.69) is 4.90 Å². The standard InChI is InChI=1S/C15H26N2O3/c1-15(19)6-7-16(11-15)14(18)13-10-20-9-8-17(13)12-4-2-3-5-12/h12-13,19H,2-11H2,1H3/t13-,15-/m0/s1. The van der Waals surface area contributed by atoms with Gasteiger partial charge in [-0.15, -0.1) is 0 Å². The number of amides is 1. The van der Waals surface area contributed by atoms with E-state index in [-0.39, 0.29) is 11.9 Å². The van der Waals surface area contributed by atoms with Crippen LogP contribution in [0.5, 0.6) is 0 Å². The van der Waals surface area contributed by atoms with Gasteiger partial charge in [0.2, 0.25) is 5.91 Å². The van der Waals surface area contributed by atoms with Crippen LogP contribution in [-0.2, 0) is 9.53 Å². The number of nitrogens with zero attached hydrogens (tertiary/aromatic N) is 2. The SMILES string of the molecule is C[C@]1(O)CCN(C(=O)[C@@H]2COCCN2C2CCCC2)C1. The van der Waals surface area contributed by atoms with Gasteiger partial charge in [0.25, 0.3) is 0 Å². The van der Waals surface area contributed by atoms with Crippen molar-refractivity contribution in [1.29, 1.82) is 0 Å².